The van der Waals surface area contributed by atoms with Gasteiger partial charge in [-0.1, -0.05) is 0 Å². The number of hydrogen-bond donors (Lipinski definition) is 0. The van der Waals surface area contributed by atoms with Crippen molar-refractivity contribution in [2.45, 2.75) is 0 Å². The molecule has 0 aliphatic carbocycles. The molecule has 25 heavy (non-hydrogen) atoms. The van der Waals surface area contributed by atoms with Crippen LogP contribution in [-0.4, -0.2) is 48.9 Å². The van der Waals surface area contributed by atoms with E-state index in [1.54, 1.807) is 0 Å². The first-order valence-corrected chi connectivity index (χ1v) is 0. The maximum absolute atomic E-state index is 0. The van der Waals surface area contributed by atoms with Crippen molar-refractivity contribution in [1.29, 1.82) is 0 Å². The van der Waals surface area contributed by atoms with E-state index < -0.39 is 0 Å². The normalized spacial score (nSPS) is 0. The van der Waals surface area contributed by atoms with Crippen molar-refractivity contribution >= 4 is 48.9 Å². The molecule has 0 rings (SSSR count). The summed E-state index contributed by atoms with van der Waals surface area (Å²) in [6.45, 7) is 0. The summed E-state index contributed by atoms with van der Waals surface area (Å²) in [5.41, 5.74) is 0. The average Bonchev–Trinajstić information content (AvgIpc) is 0. The van der Waals surface area contributed by atoms with Gasteiger partial charge < -0.3 is 87.6 Å². The molecule has 16 nitrogen and oxygen atoms in total. The van der Waals surface area contributed by atoms with Crippen molar-refractivity contribution in [3.05, 3.63) is 0 Å². The predicted octanol–water partition coefficient (Wildman–Crippen LogP) is -2.30. The van der Waals surface area contributed by atoms with Crippen LogP contribution in [0.25, 0.3) is 0 Å². The summed E-state index contributed by atoms with van der Waals surface area (Å²) in [6, 6.07) is 0. The molecule has 0 heterocycles. The van der Waals surface area contributed by atoms with Crippen LogP contribution in [0.5, 0.6) is 0 Å². The maximum atomic E-state index is 0. The third-order valence-corrected chi connectivity index (χ3v) is 0. The van der Waals surface area contributed by atoms with Crippen molar-refractivity contribution in [3.8, 4) is 0 Å². The minimum atomic E-state index is 0. The Morgan fingerprint density at radius 3 is 0.160 bits per heavy atom. The second kappa shape index (κ2) is 887. The molecule has 0 aliphatic heterocycles. The van der Waals surface area contributed by atoms with E-state index in [9.17, 15) is 0 Å². The van der Waals surface area contributed by atoms with E-state index >= 15 is 0 Å². The molecule has 6 radical (unpaired) electrons. The van der Waals surface area contributed by atoms with Crippen LogP contribution in [0.2, 0.25) is 0 Å². The van der Waals surface area contributed by atoms with Crippen LogP contribution in [0.15, 0.2) is 0 Å². The smallest absolute Gasteiger partial charge is 2.00 e. The van der Waals surface area contributed by atoms with Crippen LogP contribution in [0.4, 0.5) is 0 Å². The van der Waals surface area contributed by atoms with E-state index in [2.05, 4.69) is 0 Å². The topological polar surface area (TPSA) is 456 Å². The third-order valence-electron chi connectivity index (χ3n) is 0. The Morgan fingerprint density at radius 1 is 0.160 bits per heavy atom. The predicted molar refractivity (Wildman–Crippen MR) is 16.7 cm³/mol. The first kappa shape index (κ1) is 984. The standard InChI is InChI=1S/Ba.8Mn.16O/q+2;;;;;;;2*+3;16*-2. The molecule has 0 bridgehead atoms. The Balaban J connectivity index is 0. The average molecular weight is 833 g/mol. The molecule has 0 spiro atoms. The summed E-state index contributed by atoms with van der Waals surface area (Å²) in [4.78, 5) is 0. The van der Waals surface area contributed by atoms with Crippen molar-refractivity contribution in [2.24, 2.45) is 0 Å². The SMILES string of the molecule is [Ba+2].[Mn+3].[Mn+3].[Mn].[Mn].[Mn].[Mn].[Mn].[Mn].[O-2].[O-2].[O-2].[O-2].[O-2].[O-2].[O-2].[O-2].[O-2].[O-2].[O-2].[O-2].[O-2].[O-2].[O-2].[O-2]. The van der Waals surface area contributed by atoms with Crippen LogP contribution in [-0.2, 0) is 224 Å². The molecule has 0 aromatic heterocycles. The van der Waals surface area contributed by atoms with Gasteiger partial charge in [0.1, 0.15) is 0 Å². The molecular weight excluding hydrogens is 833 g/mol. The van der Waals surface area contributed by atoms with Crippen molar-refractivity contribution in [1.82, 2.24) is 0 Å². The summed E-state index contributed by atoms with van der Waals surface area (Å²) >= 11 is 0. The second-order valence-corrected chi connectivity index (χ2v) is 0. The van der Waals surface area contributed by atoms with Crippen LogP contribution >= 0.6 is 0 Å². The fourth-order valence-corrected chi connectivity index (χ4v) is 0. The monoisotopic (exact) mass is 833 g/mol. The Morgan fingerprint density at radius 2 is 0.160 bits per heavy atom. The molecule has 0 saturated heterocycles. The van der Waals surface area contributed by atoms with E-state index in [0.29, 0.717) is 0 Å². The van der Waals surface area contributed by atoms with Gasteiger partial charge in [-0.2, -0.15) is 0 Å². The van der Waals surface area contributed by atoms with Gasteiger partial charge in [-0.3, -0.25) is 0 Å². The molecule has 0 atom stereocenters. The van der Waals surface area contributed by atoms with E-state index in [4.69, 9.17) is 0 Å². The third kappa shape index (κ3) is 825. The second-order valence-electron chi connectivity index (χ2n) is 0. The zero-order chi connectivity index (χ0) is 0. The van der Waals surface area contributed by atoms with E-state index in [1.165, 1.54) is 0 Å². The number of hydrogen-bond acceptors (Lipinski definition) is 0. The van der Waals surface area contributed by atoms with Crippen LogP contribution in [0, 0.1) is 0 Å². The van der Waals surface area contributed by atoms with Crippen molar-refractivity contribution in [2.75, 3.05) is 0 Å². The van der Waals surface area contributed by atoms with Gasteiger partial charge in [0.2, 0.25) is 0 Å². The maximum Gasteiger partial charge on any atom is 3.00 e. The zero-order valence-corrected chi connectivity index (χ0v) is 24.1. The van der Waals surface area contributed by atoms with E-state index in [-0.39, 0.29) is 273 Å². The Hall–Kier alpha value is 5.09. The van der Waals surface area contributed by atoms with Gasteiger partial charge >= 0.3 is 83.0 Å². The quantitative estimate of drug-likeness (QED) is 0.233. The van der Waals surface area contributed by atoms with E-state index in [0.717, 1.165) is 0 Å². The van der Waals surface area contributed by atoms with Gasteiger partial charge in [0.15, 0.2) is 0 Å². The minimum Gasteiger partial charge on any atom is -2.00 e. The summed E-state index contributed by atoms with van der Waals surface area (Å²) in [7, 11) is 0. The van der Waals surface area contributed by atoms with Crippen LogP contribution < -0.4 is 0 Å². The molecule has 0 amide bonds. The summed E-state index contributed by atoms with van der Waals surface area (Å²) < 4.78 is 0. The molecule has 0 aromatic carbocycles. The van der Waals surface area contributed by atoms with Gasteiger partial charge in [0.25, 0.3) is 0 Å². The van der Waals surface area contributed by atoms with Crippen LogP contribution in [0.1, 0.15) is 0 Å². The number of rotatable bonds is 0. The molecule has 0 N–H and O–H groups in total. The first-order valence-electron chi connectivity index (χ1n) is 0. The molecule has 0 saturated carbocycles. The summed E-state index contributed by atoms with van der Waals surface area (Å²) in [5.74, 6) is 0. The summed E-state index contributed by atoms with van der Waals surface area (Å²) in [5, 5.41) is 0. The van der Waals surface area contributed by atoms with Gasteiger partial charge in [0.05, 0.1) is 0 Å². The molecule has 178 valence electrons. The van der Waals surface area contributed by atoms with Crippen LogP contribution in [0.3, 0.4) is 0 Å². The minimum absolute atomic E-state index is 0. The van der Waals surface area contributed by atoms with Gasteiger partial charge in [0, 0.05) is 102 Å². The Bertz CT molecular complexity index is 28.1. The molecular formula is BaMn8O16-24. The van der Waals surface area contributed by atoms with E-state index in [1.807, 2.05) is 0 Å². The molecule has 25 heteroatoms. The fraction of sp³-hybridized carbons (Fsp3) is 0. The van der Waals surface area contributed by atoms with Gasteiger partial charge in [-0.25, -0.2) is 0 Å². The molecule has 0 aromatic rings. The zero-order valence-electron chi connectivity index (χ0n) is 10.3. The fourth-order valence-electron chi connectivity index (χ4n) is 0. The Labute approximate surface area is 268 Å². The van der Waals surface area contributed by atoms with Gasteiger partial charge in [-0.15, -0.1) is 0 Å². The molecule has 0 aliphatic rings. The summed E-state index contributed by atoms with van der Waals surface area (Å²) in [6.07, 6.45) is 0. The first-order chi connectivity index (χ1) is 0. The van der Waals surface area contributed by atoms with Crippen molar-refractivity contribution < 1.29 is 224 Å². The Kier molecular flexibility index (Phi) is 34900. The van der Waals surface area contributed by atoms with Gasteiger partial charge in [-0.05, 0) is 0 Å². The van der Waals surface area contributed by atoms with Crippen molar-refractivity contribution in [3.63, 3.8) is 0 Å². The molecule has 0 unspecified atom stereocenters. The molecule has 0 fully saturated rings. The largest absolute Gasteiger partial charge is 3.00 e.